The zero-order chi connectivity index (χ0) is 12.3. The van der Waals surface area contributed by atoms with Crippen LogP contribution in [0.4, 0.5) is 8.78 Å². The normalized spacial score (nSPS) is 26.9. The number of nitrogens with zero attached hydrogens (tertiary/aromatic N) is 1. The number of hydrogen-bond acceptors (Lipinski definition) is 2. The molecule has 0 radical (unpaired) electrons. The van der Waals surface area contributed by atoms with Crippen molar-refractivity contribution in [1.29, 1.82) is 0 Å². The van der Waals surface area contributed by atoms with E-state index < -0.39 is 23.0 Å². The molecule has 1 aliphatic carbocycles. The molecule has 0 aliphatic heterocycles. The molecule has 2 atom stereocenters. The Morgan fingerprint density at radius 3 is 2.38 bits per heavy atom. The molecule has 0 aromatic heterocycles. The van der Waals surface area contributed by atoms with Gasteiger partial charge in [0.15, 0.2) is 0 Å². The Kier molecular flexibility index (Phi) is 4.67. The van der Waals surface area contributed by atoms with Crippen LogP contribution in [0.5, 0.6) is 0 Å². The molecule has 0 aromatic rings. The minimum Gasteiger partial charge on any atom is -0.212 e. The van der Waals surface area contributed by atoms with Crippen molar-refractivity contribution >= 4 is 10.0 Å². The van der Waals surface area contributed by atoms with Crippen molar-refractivity contribution in [3.05, 3.63) is 0 Å². The molecule has 1 aliphatic rings. The molecule has 0 heterocycles. The Labute approximate surface area is 95.9 Å². The van der Waals surface area contributed by atoms with Gasteiger partial charge in [-0.2, -0.15) is 4.31 Å². The van der Waals surface area contributed by atoms with Gasteiger partial charge in [0.05, 0.1) is 12.8 Å². The molecule has 16 heavy (non-hydrogen) atoms. The molecule has 3 nitrogen and oxygen atoms in total. The Balaban J connectivity index is 2.71. The molecule has 0 amide bonds. The summed E-state index contributed by atoms with van der Waals surface area (Å²) in [5.74, 6) is 0.479. The van der Waals surface area contributed by atoms with Crippen molar-refractivity contribution in [1.82, 2.24) is 4.31 Å². The van der Waals surface area contributed by atoms with Gasteiger partial charge in [-0.25, -0.2) is 17.2 Å². The number of hydrogen-bond donors (Lipinski definition) is 0. The fourth-order valence-electron chi connectivity index (χ4n) is 2.37. The van der Waals surface area contributed by atoms with Gasteiger partial charge in [0.1, 0.15) is 0 Å². The summed E-state index contributed by atoms with van der Waals surface area (Å²) in [5.41, 5.74) is 0. The first-order valence-electron chi connectivity index (χ1n) is 5.59. The van der Waals surface area contributed by atoms with Crippen molar-refractivity contribution in [2.45, 2.75) is 45.1 Å². The summed E-state index contributed by atoms with van der Waals surface area (Å²) >= 11 is 0. The fourth-order valence-corrected chi connectivity index (χ4v) is 3.49. The lowest BCUT2D eigenvalue weighted by molar-refractivity contribution is 0.107. The average Bonchev–Trinajstić information content (AvgIpc) is 2.60. The van der Waals surface area contributed by atoms with Crippen LogP contribution in [0.2, 0.25) is 0 Å². The third-order valence-electron chi connectivity index (χ3n) is 3.24. The summed E-state index contributed by atoms with van der Waals surface area (Å²) in [6, 6.07) is -0.228. The van der Waals surface area contributed by atoms with Crippen LogP contribution < -0.4 is 0 Å². The second kappa shape index (κ2) is 5.40. The van der Waals surface area contributed by atoms with Crippen LogP contribution in [0.15, 0.2) is 0 Å². The lowest BCUT2D eigenvalue weighted by atomic mass is 10.1. The average molecular weight is 255 g/mol. The molecule has 1 saturated carbocycles. The predicted molar refractivity (Wildman–Crippen MR) is 59.0 cm³/mol. The topological polar surface area (TPSA) is 37.4 Å². The van der Waals surface area contributed by atoms with E-state index in [1.54, 1.807) is 0 Å². The molecule has 96 valence electrons. The standard InChI is InChI=1S/C10H19F2NO2S/c1-3-8-4-5-9(6-8)13(7-10(11)12)16(2,14)15/h8-10H,3-7H2,1-2H3/t8-,9+/m0/s1. The molecule has 1 rings (SSSR count). The Hall–Kier alpha value is -0.230. The van der Waals surface area contributed by atoms with E-state index in [1.807, 2.05) is 6.92 Å². The maximum absolute atomic E-state index is 12.3. The second-order valence-corrected chi connectivity index (χ2v) is 6.40. The number of rotatable bonds is 5. The molecule has 6 heteroatoms. The van der Waals surface area contributed by atoms with Crippen LogP contribution in [-0.4, -0.2) is 38.0 Å². The summed E-state index contributed by atoms with van der Waals surface area (Å²) in [7, 11) is -3.52. The van der Waals surface area contributed by atoms with Gasteiger partial charge >= 0.3 is 0 Å². The zero-order valence-corrected chi connectivity index (χ0v) is 10.5. The lowest BCUT2D eigenvalue weighted by Crippen LogP contribution is -2.41. The zero-order valence-electron chi connectivity index (χ0n) is 9.70. The highest BCUT2D eigenvalue weighted by molar-refractivity contribution is 7.88. The minimum atomic E-state index is -3.52. The highest BCUT2D eigenvalue weighted by Gasteiger charge is 2.34. The van der Waals surface area contributed by atoms with E-state index in [0.717, 1.165) is 29.8 Å². The van der Waals surface area contributed by atoms with Gasteiger partial charge < -0.3 is 0 Å². The van der Waals surface area contributed by atoms with E-state index in [9.17, 15) is 17.2 Å². The SMILES string of the molecule is CC[C@H]1CC[C@@H](N(CC(F)F)S(C)(=O)=O)C1. The van der Waals surface area contributed by atoms with Gasteiger partial charge in [0.2, 0.25) is 10.0 Å². The van der Waals surface area contributed by atoms with Crippen LogP contribution in [0.3, 0.4) is 0 Å². The molecule has 0 aromatic carbocycles. The monoisotopic (exact) mass is 255 g/mol. The molecule has 0 unspecified atom stereocenters. The first-order valence-corrected chi connectivity index (χ1v) is 7.44. The third kappa shape index (κ3) is 3.66. The Morgan fingerprint density at radius 1 is 1.38 bits per heavy atom. The highest BCUT2D eigenvalue weighted by atomic mass is 32.2. The minimum absolute atomic E-state index is 0.228. The van der Waals surface area contributed by atoms with E-state index in [-0.39, 0.29) is 6.04 Å². The largest absolute Gasteiger partial charge is 0.252 e. The van der Waals surface area contributed by atoms with E-state index in [1.165, 1.54) is 0 Å². The number of halogens is 2. The lowest BCUT2D eigenvalue weighted by Gasteiger charge is -2.26. The fraction of sp³-hybridized carbons (Fsp3) is 1.00. The predicted octanol–water partition coefficient (Wildman–Crippen LogP) is 2.09. The number of alkyl halides is 2. The third-order valence-corrected chi connectivity index (χ3v) is 4.54. The van der Waals surface area contributed by atoms with Gasteiger partial charge in [-0.15, -0.1) is 0 Å². The van der Waals surface area contributed by atoms with Crippen molar-refractivity contribution in [2.75, 3.05) is 12.8 Å². The summed E-state index contributed by atoms with van der Waals surface area (Å²) < 4.78 is 48.5. The van der Waals surface area contributed by atoms with Crippen molar-refractivity contribution < 1.29 is 17.2 Å². The Bertz CT molecular complexity index is 319. The molecule has 0 saturated heterocycles. The molecular weight excluding hydrogens is 236 g/mol. The second-order valence-electron chi connectivity index (χ2n) is 4.46. The van der Waals surface area contributed by atoms with E-state index >= 15 is 0 Å². The maximum atomic E-state index is 12.3. The summed E-state index contributed by atoms with van der Waals surface area (Å²) in [5, 5.41) is 0. The molecule has 0 spiro atoms. The van der Waals surface area contributed by atoms with Gasteiger partial charge in [-0.05, 0) is 25.2 Å². The molecule has 0 bridgehead atoms. The van der Waals surface area contributed by atoms with Crippen LogP contribution in [0.1, 0.15) is 32.6 Å². The quantitative estimate of drug-likeness (QED) is 0.754. The van der Waals surface area contributed by atoms with Crippen LogP contribution in [0.25, 0.3) is 0 Å². The Morgan fingerprint density at radius 2 is 2.00 bits per heavy atom. The summed E-state index contributed by atoms with van der Waals surface area (Å²) in [4.78, 5) is 0. The first-order chi connectivity index (χ1) is 7.34. The van der Waals surface area contributed by atoms with Crippen LogP contribution >= 0.6 is 0 Å². The smallest absolute Gasteiger partial charge is 0.212 e. The number of sulfonamides is 1. The van der Waals surface area contributed by atoms with Crippen LogP contribution in [0, 0.1) is 5.92 Å². The van der Waals surface area contributed by atoms with Gasteiger partial charge in [-0.1, -0.05) is 13.3 Å². The summed E-state index contributed by atoms with van der Waals surface area (Å²) in [6.07, 6.45) is 1.76. The first kappa shape index (κ1) is 13.8. The highest BCUT2D eigenvalue weighted by Crippen LogP contribution is 2.32. The van der Waals surface area contributed by atoms with E-state index in [2.05, 4.69) is 0 Å². The van der Waals surface area contributed by atoms with Crippen molar-refractivity contribution in [3.63, 3.8) is 0 Å². The van der Waals surface area contributed by atoms with Gasteiger partial charge in [0.25, 0.3) is 6.43 Å². The molecular formula is C10H19F2NO2S. The maximum Gasteiger partial charge on any atom is 0.252 e. The molecule has 0 N–H and O–H groups in total. The molecule has 1 fully saturated rings. The van der Waals surface area contributed by atoms with Gasteiger partial charge in [-0.3, -0.25) is 0 Å². The van der Waals surface area contributed by atoms with Gasteiger partial charge in [0, 0.05) is 6.04 Å². The van der Waals surface area contributed by atoms with Crippen LogP contribution in [-0.2, 0) is 10.0 Å². The van der Waals surface area contributed by atoms with E-state index in [0.29, 0.717) is 12.3 Å². The van der Waals surface area contributed by atoms with E-state index in [4.69, 9.17) is 0 Å². The van der Waals surface area contributed by atoms with Crippen molar-refractivity contribution in [2.24, 2.45) is 5.92 Å². The van der Waals surface area contributed by atoms with Crippen molar-refractivity contribution in [3.8, 4) is 0 Å². The summed E-state index contributed by atoms with van der Waals surface area (Å²) in [6.45, 7) is 1.38.